The summed E-state index contributed by atoms with van der Waals surface area (Å²) in [6.45, 7) is 5.76. The summed E-state index contributed by atoms with van der Waals surface area (Å²) in [6, 6.07) is 1.13. The highest BCUT2D eigenvalue weighted by molar-refractivity contribution is 6.32. The Kier molecular flexibility index (Phi) is 3.78. The van der Waals surface area contributed by atoms with E-state index in [0.717, 1.165) is 0 Å². The summed E-state index contributed by atoms with van der Waals surface area (Å²) >= 11 is 5.81. The minimum atomic E-state index is -4.64. The maximum Gasteiger partial charge on any atom is 0.416 e. The van der Waals surface area contributed by atoms with Gasteiger partial charge in [0.05, 0.1) is 22.6 Å². The largest absolute Gasteiger partial charge is 0.416 e. The standard InChI is InChI=1S/C14H13ClF4N2/c1-13(2,3)11-6-21(7-20-11)12-9(15)4-8(5-10(12)16)14(17,18)19/h4-7H,1-3H3. The van der Waals surface area contributed by atoms with Crippen LogP contribution in [0.1, 0.15) is 32.0 Å². The first-order valence-corrected chi connectivity index (χ1v) is 6.49. The third kappa shape index (κ3) is 3.20. The second kappa shape index (κ2) is 5.02. The summed E-state index contributed by atoms with van der Waals surface area (Å²) in [5.74, 6) is -1.05. The summed E-state index contributed by atoms with van der Waals surface area (Å²) in [6.07, 6.45) is -1.76. The molecule has 0 aliphatic carbocycles. The molecule has 0 atom stereocenters. The van der Waals surface area contributed by atoms with Crippen molar-refractivity contribution < 1.29 is 17.6 Å². The van der Waals surface area contributed by atoms with E-state index in [9.17, 15) is 17.6 Å². The average Bonchev–Trinajstić information content (AvgIpc) is 2.75. The lowest BCUT2D eigenvalue weighted by Gasteiger charge is -2.15. The quantitative estimate of drug-likeness (QED) is 0.677. The third-order valence-corrected chi connectivity index (χ3v) is 3.24. The summed E-state index contributed by atoms with van der Waals surface area (Å²) < 4.78 is 53.1. The summed E-state index contributed by atoms with van der Waals surface area (Å²) in [5, 5.41) is -0.319. The Morgan fingerprint density at radius 2 is 1.76 bits per heavy atom. The molecule has 0 fully saturated rings. The summed E-state index contributed by atoms with van der Waals surface area (Å²) in [4.78, 5) is 4.13. The summed E-state index contributed by atoms with van der Waals surface area (Å²) in [7, 11) is 0. The number of alkyl halides is 3. The monoisotopic (exact) mass is 320 g/mol. The fraction of sp³-hybridized carbons (Fsp3) is 0.357. The fourth-order valence-corrected chi connectivity index (χ4v) is 2.11. The molecule has 114 valence electrons. The Balaban J connectivity index is 2.53. The van der Waals surface area contributed by atoms with E-state index in [1.807, 2.05) is 20.8 Å². The number of nitrogens with zero attached hydrogens (tertiary/aromatic N) is 2. The Labute approximate surface area is 124 Å². The number of imidazole rings is 1. The zero-order chi connectivity index (χ0) is 16.0. The van der Waals surface area contributed by atoms with Crippen LogP contribution in [0.25, 0.3) is 5.69 Å². The lowest BCUT2D eigenvalue weighted by molar-refractivity contribution is -0.137. The predicted molar refractivity (Wildman–Crippen MR) is 72.2 cm³/mol. The molecular weight excluding hydrogens is 308 g/mol. The number of hydrogen-bond donors (Lipinski definition) is 0. The van der Waals surface area contributed by atoms with Gasteiger partial charge >= 0.3 is 6.18 Å². The molecule has 0 amide bonds. The van der Waals surface area contributed by atoms with E-state index in [1.54, 1.807) is 6.20 Å². The van der Waals surface area contributed by atoms with Gasteiger partial charge in [0.2, 0.25) is 0 Å². The van der Waals surface area contributed by atoms with Crippen LogP contribution >= 0.6 is 11.6 Å². The SMILES string of the molecule is CC(C)(C)c1cn(-c2c(F)cc(C(F)(F)F)cc2Cl)cn1. The maximum atomic E-state index is 14.0. The third-order valence-electron chi connectivity index (χ3n) is 2.95. The molecular formula is C14H13ClF4N2. The van der Waals surface area contributed by atoms with E-state index < -0.39 is 17.6 Å². The molecule has 2 rings (SSSR count). The van der Waals surface area contributed by atoms with Crippen molar-refractivity contribution >= 4 is 11.6 Å². The van der Waals surface area contributed by atoms with Crippen molar-refractivity contribution in [3.05, 3.63) is 46.8 Å². The molecule has 0 aliphatic rings. The molecule has 7 heteroatoms. The van der Waals surface area contributed by atoms with Crippen molar-refractivity contribution in [3.63, 3.8) is 0 Å². The Morgan fingerprint density at radius 3 is 2.19 bits per heavy atom. The highest BCUT2D eigenvalue weighted by Crippen LogP contribution is 2.35. The number of benzene rings is 1. The van der Waals surface area contributed by atoms with Crippen LogP contribution in [0, 0.1) is 5.82 Å². The maximum absolute atomic E-state index is 14.0. The van der Waals surface area contributed by atoms with Crippen LogP contribution in [-0.4, -0.2) is 9.55 Å². The molecule has 0 bridgehead atoms. The molecule has 0 saturated carbocycles. The van der Waals surface area contributed by atoms with Gasteiger partial charge < -0.3 is 4.57 Å². The Hall–Kier alpha value is -1.56. The van der Waals surface area contributed by atoms with Gasteiger partial charge in [0.15, 0.2) is 0 Å². The minimum Gasteiger partial charge on any atom is -0.302 e. The molecule has 0 aliphatic heterocycles. The van der Waals surface area contributed by atoms with Gasteiger partial charge in [-0.05, 0) is 12.1 Å². The van der Waals surface area contributed by atoms with Crippen molar-refractivity contribution in [2.75, 3.05) is 0 Å². The van der Waals surface area contributed by atoms with E-state index in [1.165, 1.54) is 10.9 Å². The van der Waals surface area contributed by atoms with Gasteiger partial charge in [-0.2, -0.15) is 13.2 Å². The molecule has 1 aromatic heterocycles. The first-order chi connectivity index (χ1) is 9.50. The van der Waals surface area contributed by atoms with Crippen molar-refractivity contribution in [1.29, 1.82) is 0 Å². The Bertz CT molecular complexity index is 645. The van der Waals surface area contributed by atoms with Gasteiger partial charge in [0, 0.05) is 11.6 Å². The average molecular weight is 321 g/mol. The highest BCUT2D eigenvalue weighted by atomic mass is 35.5. The molecule has 2 aromatic rings. The van der Waals surface area contributed by atoms with Crippen LogP contribution in [0.4, 0.5) is 17.6 Å². The zero-order valence-electron chi connectivity index (χ0n) is 11.6. The van der Waals surface area contributed by atoms with Crippen LogP contribution in [0.15, 0.2) is 24.7 Å². The minimum absolute atomic E-state index is 0.146. The van der Waals surface area contributed by atoms with Gasteiger partial charge in [-0.15, -0.1) is 0 Å². The topological polar surface area (TPSA) is 17.8 Å². The molecule has 0 saturated heterocycles. The van der Waals surface area contributed by atoms with Crippen molar-refractivity contribution in [2.45, 2.75) is 32.4 Å². The van der Waals surface area contributed by atoms with Crippen molar-refractivity contribution in [3.8, 4) is 5.69 Å². The zero-order valence-corrected chi connectivity index (χ0v) is 12.3. The number of aromatic nitrogens is 2. The van der Waals surface area contributed by atoms with Gasteiger partial charge in [-0.1, -0.05) is 32.4 Å². The summed E-state index contributed by atoms with van der Waals surface area (Å²) in [5.41, 5.74) is -0.851. The van der Waals surface area contributed by atoms with Gasteiger partial charge in [0.25, 0.3) is 0 Å². The van der Waals surface area contributed by atoms with Crippen LogP contribution in [0.5, 0.6) is 0 Å². The first kappa shape index (κ1) is 15.8. The Morgan fingerprint density at radius 1 is 1.14 bits per heavy atom. The van der Waals surface area contributed by atoms with E-state index in [-0.39, 0.29) is 16.1 Å². The van der Waals surface area contributed by atoms with E-state index in [0.29, 0.717) is 17.8 Å². The molecule has 0 unspecified atom stereocenters. The number of halogens is 5. The molecule has 0 spiro atoms. The molecule has 0 radical (unpaired) electrons. The molecule has 2 nitrogen and oxygen atoms in total. The molecule has 0 N–H and O–H groups in total. The normalized spacial score (nSPS) is 12.8. The number of rotatable bonds is 1. The van der Waals surface area contributed by atoms with E-state index >= 15 is 0 Å². The van der Waals surface area contributed by atoms with Crippen LogP contribution < -0.4 is 0 Å². The fourth-order valence-electron chi connectivity index (χ4n) is 1.81. The molecule has 1 aromatic carbocycles. The van der Waals surface area contributed by atoms with E-state index in [2.05, 4.69) is 4.98 Å². The van der Waals surface area contributed by atoms with Gasteiger partial charge in [0.1, 0.15) is 11.5 Å². The van der Waals surface area contributed by atoms with Gasteiger partial charge in [-0.25, -0.2) is 9.37 Å². The number of hydrogen-bond acceptors (Lipinski definition) is 1. The molecule has 21 heavy (non-hydrogen) atoms. The smallest absolute Gasteiger partial charge is 0.302 e. The van der Waals surface area contributed by atoms with Gasteiger partial charge in [-0.3, -0.25) is 0 Å². The molecule has 1 heterocycles. The van der Waals surface area contributed by atoms with Crippen molar-refractivity contribution in [2.24, 2.45) is 0 Å². The van der Waals surface area contributed by atoms with Crippen LogP contribution in [0.3, 0.4) is 0 Å². The second-order valence-corrected chi connectivity index (χ2v) is 6.11. The lowest BCUT2D eigenvalue weighted by Crippen LogP contribution is -2.11. The van der Waals surface area contributed by atoms with Crippen molar-refractivity contribution in [1.82, 2.24) is 9.55 Å². The highest BCUT2D eigenvalue weighted by Gasteiger charge is 2.32. The van der Waals surface area contributed by atoms with Crippen LogP contribution in [-0.2, 0) is 11.6 Å². The first-order valence-electron chi connectivity index (χ1n) is 6.11. The van der Waals surface area contributed by atoms with E-state index in [4.69, 9.17) is 11.6 Å². The van der Waals surface area contributed by atoms with Crippen LogP contribution in [0.2, 0.25) is 5.02 Å². The predicted octanol–water partition coefficient (Wildman–Crippen LogP) is 4.98. The lowest BCUT2D eigenvalue weighted by atomic mass is 9.93. The second-order valence-electron chi connectivity index (χ2n) is 5.70.